The van der Waals surface area contributed by atoms with Crippen LogP contribution in [0, 0.1) is 32.6 Å². The average Bonchev–Trinajstić information content (AvgIpc) is 3.37. The Labute approximate surface area is 252 Å². The molecule has 0 saturated heterocycles. The first-order valence-corrected chi connectivity index (χ1v) is 15.4. The minimum Gasteiger partial charge on any atom is -0.225 e. The van der Waals surface area contributed by atoms with Crippen LogP contribution in [0.15, 0.2) is 120 Å². The molecule has 1 aliphatic heterocycles. The van der Waals surface area contributed by atoms with E-state index in [2.05, 4.69) is 167 Å². The van der Waals surface area contributed by atoms with Crippen LogP contribution in [-0.4, -0.2) is 15.8 Å². The highest BCUT2D eigenvalue weighted by Gasteiger charge is 2.48. The van der Waals surface area contributed by atoms with Gasteiger partial charge in [0.25, 0.3) is 0 Å². The number of hydrogen-bond donors (Lipinski definition) is 0. The molecule has 4 aromatic carbocycles. The monoisotopic (exact) mass is 551 g/mol. The number of allylic oxidation sites excluding steroid dienone is 4. The molecule has 0 aromatic heterocycles. The molecule has 4 aromatic rings. The Morgan fingerprint density at radius 2 is 1.36 bits per heavy atom. The van der Waals surface area contributed by atoms with Crippen molar-refractivity contribution in [3.8, 4) is 11.1 Å². The van der Waals surface area contributed by atoms with Crippen LogP contribution in [0.5, 0.6) is 0 Å². The summed E-state index contributed by atoms with van der Waals surface area (Å²) in [6.07, 6.45) is 8.23. The molecule has 0 saturated carbocycles. The molecular weight excluding hydrogens is 508 g/mol. The van der Waals surface area contributed by atoms with E-state index in [4.69, 9.17) is 0 Å². The van der Waals surface area contributed by atoms with E-state index in [9.17, 15) is 0 Å². The van der Waals surface area contributed by atoms with Crippen LogP contribution < -0.4 is 0 Å². The Morgan fingerprint density at radius 3 is 2.00 bits per heavy atom. The molecule has 1 aliphatic carbocycles. The van der Waals surface area contributed by atoms with Crippen molar-refractivity contribution >= 4 is 12.0 Å². The van der Waals surface area contributed by atoms with Gasteiger partial charge in [-0.25, -0.2) is 9.48 Å². The summed E-state index contributed by atoms with van der Waals surface area (Å²) in [6.45, 7) is 13.8. The maximum absolute atomic E-state index is 2.63. The zero-order chi connectivity index (χ0) is 29.4. The maximum atomic E-state index is 2.63. The van der Waals surface area contributed by atoms with Crippen LogP contribution in [0.3, 0.4) is 0 Å². The number of hydrogen-bond acceptors (Lipinski definition) is 1. The number of para-hydroxylation sites is 1. The molecule has 0 N–H and O–H groups in total. The lowest BCUT2D eigenvalue weighted by Crippen LogP contribution is -2.31. The van der Waals surface area contributed by atoms with Crippen molar-refractivity contribution in [2.45, 2.75) is 60.0 Å². The molecule has 0 amide bonds. The van der Waals surface area contributed by atoms with E-state index in [0.717, 1.165) is 6.42 Å². The molecule has 0 unspecified atom stereocenters. The Bertz CT molecular complexity index is 1650. The highest BCUT2D eigenvalue weighted by atomic mass is 15.3. The van der Waals surface area contributed by atoms with E-state index < -0.39 is 0 Å². The largest absolute Gasteiger partial charge is 0.245 e. The normalized spacial score (nSPS) is 20.4. The van der Waals surface area contributed by atoms with E-state index in [-0.39, 0.29) is 12.1 Å². The Balaban J connectivity index is 1.65. The summed E-state index contributed by atoms with van der Waals surface area (Å²) in [5, 5.41) is 0. The molecule has 0 radical (unpaired) electrons. The molecule has 1 heterocycles. The highest BCUT2D eigenvalue weighted by Crippen LogP contribution is 2.49. The fraction of sp³-hybridized carbons (Fsp3) is 0.275. The van der Waals surface area contributed by atoms with Gasteiger partial charge in [0.05, 0.1) is 0 Å². The van der Waals surface area contributed by atoms with E-state index in [1.165, 1.54) is 55.9 Å². The molecule has 2 nitrogen and oxygen atoms in total. The summed E-state index contributed by atoms with van der Waals surface area (Å²) >= 11 is 0. The van der Waals surface area contributed by atoms with Crippen LogP contribution in [0.4, 0.5) is 5.69 Å². The third-order valence-electron chi connectivity index (χ3n) is 9.01. The van der Waals surface area contributed by atoms with E-state index in [1.807, 2.05) is 0 Å². The lowest BCUT2D eigenvalue weighted by Gasteiger charge is -2.31. The summed E-state index contributed by atoms with van der Waals surface area (Å²) in [7, 11) is 0. The van der Waals surface area contributed by atoms with Gasteiger partial charge in [0.1, 0.15) is 11.4 Å². The number of nitrogens with zero attached hydrogens (tertiary/aromatic N) is 2. The van der Waals surface area contributed by atoms with Crippen LogP contribution in [0.25, 0.3) is 11.1 Å². The van der Waals surface area contributed by atoms with Gasteiger partial charge in [-0.15, -0.1) is 0 Å². The molecule has 0 bridgehead atoms. The first-order valence-electron chi connectivity index (χ1n) is 15.4. The molecule has 2 heteroatoms. The van der Waals surface area contributed by atoms with Crippen molar-refractivity contribution in [2.75, 3.05) is 0 Å². The summed E-state index contributed by atoms with van der Waals surface area (Å²) in [4.78, 5) is 2.63. The molecule has 212 valence electrons. The number of benzene rings is 4. The summed E-state index contributed by atoms with van der Waals surface area (Å²) in [5.41, 5.74) is 13.4. The predicted molar refractivity (Wildman–Crippen MR) is 177 cm³/mol. The zero-order valence-corrected chi connectivity index (χ0v) is 25.9. The third kappa shape index (κ3) is 5.04. The first-order chi connectivity index (χ1) is 20.3. The van der Waals surface area contributed by atoms with Gasteiger partial charge in [0.15, 0.2) is 12.1 Å². The van der Waals surface area contributed by atoms with Gasteiger partial charge in [-0.05, 0) is 61.4 Å². The lowest BCUT2D eigenvalue weighted by molar-refractivity contribution is -0.480. The van der Waals surface area contributed by atoms with Crippen LogP contribution >= 0.6 is 0 Å². The van der Waals surface area contributed by atoms with E-state index >= 15 is 0 Å². The minimum atomic E-state index is 0.0971. The highest BCUT2D eigenvalue weighted by molar-refractivity contribution is 5.80. The van der Waals surface area contributed by atoms with Crippen molar-refractivity contribution in [1.82, 2.24) is 4.90 Å². The second kappa shape index (κ2) is 11.6. The first kappa shape index (κ1) is 28.0. The molecular formula is C40H43N2+. The molecule has 0 fully saturated rings. The Kier molecular flexibility index (Phi) is 7.73. The molecule has 6 rings (SSSR count). The van der Waals surface area contributed by atoms with Crippen LogP contribution in [0.1, 0.15) is 67.1 Å². The quantitative estimate of drug-likeness (QED) is 0.216. The van der Waals surface area contributed by atoms with Gasteiger partial charge in [-0.1, -0.05) is 129 Å². The van der Waals surface area contributed by atoms with Crippen LogP contribution in [-0.2, 0) is 0 Å². The fourth-order valence-corrected chi connectivity index (χ4v) is 7.28. The predicted octanol–water partition coefficient (Wildman–Crippen LogP) is 10.3. The van der Waals surface area contributed by atoms with Crippen LogP contribution in [0.2, 0.25) is 0 Å². The van der Waals surface area contributed by atoms with E-state index in [0.29, 0.717) is 11.8 Å². The van der Waals surface area contributed by atoms with Crippen molar-refractivity contribution in [1.29, 1.82) is 0 Å². The Morgan fingerprint density at radius 1 is 0.762 bits per heavy atom. The number of aryl methyl sites for hydroxylation is 3. The van der Waals surface area contributed by atoms with Gasteiger partial charge in [0.2, 0.25) is 6.34 Å². The summed E-state index contributed by atoms with van der Waals surface area (Å²) < 4.78 is 2.57. The van der Waals surface area contributed by atoms with Gasteiger partial charge in [0, 0.05) is 22.6 Å². The van der Waals surface area contributed by atoms with Crippen molar-refractivity contribution < 1.29 is 4.58 Å². The van der Waals surface area contributed by atoms with Crippen molar-refractivity contribution in [3.63, 3.8) is 0 Å². The Hall–Kier alpha value is -4.17. The maximum Gasteiger partial charge on any atom is 0.245 e. The fourth-order valence-electron chi connectivity index (χ4n) is 7.28. The minimum absolute atomic E-state index is 0.0971. The third-order valence-corrected chi connectivity index (χ3v) is 9.01. The van der Waals surface area contributed by atoms with Gasteiger partial charge in [-0.3, -0.25) is 0 Å². The molecule has 0 spiro atoms. The SMILES string of the molecule is Cc1cc(C)c(-c2ccccc2[N+]2=CN(C3=C(C(C)C)C=CC[C@H]3C)[C@@H](c3ccccc3)[C@@H]2c2ccccc2)c(C)c1. The standard InChI is InChI=1S/C40H43N2/c1-27(2)34-22-15-16-29(4)38(34)42-26-41(36-23-14-13-21-35(36)37-30(5)24-28(3)25-31(37)6)39(32-17-9-7-10-18-32)40(42)33-19-11-8-12-20-33/h7-15,17-27,29,39-40H,16H2,1-6H3/q+1/t29-,39+,40+/m1/s1. The van der Waals surface area contributed by atoms with Crippen molar-refractivity contribution in [2.24, 2.45) is 11.8 Å². The zero-order valence-electron chi connectivity index (χ0n) is 25.9. The topological polar surface area (TPSA) is 6.25 Å². The summed E-state index contributed by atoms with van der Waals surface area (Å²) in [5.74, 6) is 0.876. The van der Waals surface area contributed by atoms with Crippen molar-refractivity contribution in [3.05, 3.63) is 148 Å². The smallest absolute Gasteiger partial charge is 0.225 e. The second-order valence-corrected chi connectivity index (χ2v) is 12.5. The lowest BCUT2D eigenvalue weighted by atomic mass is 9.85. The number of rotatable bonds is 6. The van der Waals surface area contributed by atoms with Gasteiger partial charge >= 0.3 is 0 Å². The van der Waals surface area contributed by atoms with Gasteiger partial charge < -0.3 is 0 Å². The van der Waals surface area contributed by atoms with Gasteiger partial charge in [-0.2, -0.15) is 0 Å². The second-order valence-electron chi connectivity index (χ2n) is 12.5. The summed E-state index contributed by atoms with van der Waals surface area (Å²) in [6, 6.07) is 36.1. The average molecular weight is 552 g/mol. The van der Waals surface area contributed by atoms with E-state index in [1.54, 1.807) is 0 Å². The molecule has 3 atom stereocenters. The molecule has 2 aliphatic rings. The molecule has 42 heavy (non-hydrogen) atoms.